The van der Waals surface area contributed by atoms with Crippen LogP contribution in [0.1, 0.15) is 47.0 Å². The quantitative estimate of drug-likeness (QED) is 0.758. The largest absolute Gasteiger partial charge is 0.372 e. The van der Waals surface area contributed by atoms with E-state index < -0.39 is 0 Å². The van der Waals surface area contributed by atoms with Gasteiger partial charge in [0.25, 0.3) is 0 Å². The van der Waals surface area contributed by atoms with Crippen LogP contribution in [0.4, 0.5) is 0 Å². The molecule has 1 heterocycles. The van der Waals surface area contributed by atoms with Gasteiger partial charge < -0.3 is 10.1 Å². The molecule has 90 valence electrons. The number of ether oxygens (including phenoxy) is 1. The Morgan fingerprint density at radius 3 is 2.47 bits per heavy atom. The molecule has 1 N–H and O–H groups in total. The second-order valence-corrected chi connectivity index (χ2v) is 5.84. The maximum atomic E-state index is 6.05. The standard InChI is InChI=1S/C13H27NO/c1-10(2)11(9-14-5)8-12-6-7-13(3,4)15-12/h10-12,14H,6-9H2,1-5H3. The Morgan fingerprint density at radius 1 is 1.40 bits per heavy atom. The maximum absolute atomic E-state index is 6.05. The highest BCUT2D eigenvalue weighted by atomic mass is 16.5. The predicted molar refractivity (Wildman–Crippen MR) is 65.1 cm³/mol. The molecular weight excluding hydrogens is 186 g/mol. The lowest BCUT2D eigenvalue weighted by Gasteiger charge is -2.25. The van der Waals surface area contributed by atoms with E-state index in [0.29, 0.717) is 6.10 Å². The van der Waals surface area contributed by atoms with Crippen molar-refractivity contribution in [2.24, 2.45) is 11.8 Å². The molecule has 1 saturated heterocycles. The van der Waals surface area contributed by atoms with E-state index in [0.717, 1.165) is 18.4 Å². The molecule has 1 fully saturated rings. The maximum Gasteiger partial charge on any atom is 0.0631 e. The Hall–Kier alpha value is -0.0800. The topological polar surface area (TPSA) is 21.3 Å². The summed E-state index contributed by atoms with van der Waals surface area (Å²) in [5, 5.41) is 3.29. The van der Waals surface area contributed by atoms with E-state index in [1.165, 1.54) is 19.3 Å². The van der Waals surface area contributed by atoms with Gasteiger partial charge in [-0.15, -0.1) is 0 Å². The van der Waals surface area contributed by atoms with Gasteiger partial charge in [0.1, 0.15) is 0 Å². The van der Waals surface area contributed by atoms with E-state index in [-0.39, 0.29) is 5.60 Å². The molecule has 1 aliphatic heterocycles. The van der Waals surface area contributed by atoms with Crippen LogP contribution in [0.2, 0.25) is 0 Å². The van der Waals surface area contributed by atoms with Crippen molar-refractivity contribution in [3.63, 3.8) is 0 Å². The van der Waals surface area contributed by atoms with E-state index in [1.807, 2.05) is 7.05 Å². The van der Waals surface area contributed by atoms with Crippen LogP contribution in [0.3, 0.4) is 0 Å². The van der Waals surface area contributed by atoms with Crippen LogP contribution < -0.4 is 5.32 Å². The summed E-state index contributed by atoms with van der Waals surface area (Å²) in [6.07, 6.45) is 4.14. The van der Waals surface area contributed by atoms with Crippen molar-refractivity contribution in [2.45, 2.75) is 58.7 Å². The van der Waals surface area contributed by atoms with Gasteiger partial charge in [-0.1, -0.05) is 13.8 Å². The zero-order valence-electron chi connectivity index (χ0n) is 11.0. The zero-order chi connectivity index (χ0) is 11.5. The lowest BCUT2D eigenvalue weighted by molar-refractivity contribution is -0.0269. The number of hydrogen-bond donors (Lipinski definition) is 1. The average molecular weight is 213 g/mol. The van der Waals surface area contributed by atoms with Crippen molar-refractivity contribution < 1.29 is 4.74 Å². The van der Waals surface area contributed by atoms with Crippen LogP contribution in [-0.4, -0.2) is 25.3 Å². The summed E-state index contributed by atoms with van der Waals surface area (Å²) in [6.45, 7) is 10.1. The molecule has 0 aromatic carbocycles. The van der Waals surface area contributed by atoms with Crippen molar-refractivity contribution in [1.29, 1.82) is 0 Å². The highest BCUT2D eigenvalue weighted by Gasteiger charge is 2.33. The highest BCUT2D eigenvalue weighted by molar-refractivity contribution is 4.83. The summed E-state index contributed by atoms with van der Waals surface area (Å²) in [5.74, 6) is 1.48. The van der Waals surface area contributed by atoms with Gasteiger partial charge in [-0.05, 0) is 58.5 Å². The molecular formula is C13H27NO. The van der Waals surface area contributed by atoms with E-state index in [1.54, 1.807) is 0 Å². The molecule has 0 aromatic rings. The van der Waals surface area contributed by atoms with Crippen LogP contribution in [0.15, 0.2) is 0 Å². The molecule has 2 heteroatoms. The Labute approximate surface area is 94.8 Å². The van der Waals surface area contributed by atoms with Gasteiger partial charge in [0.2, 0.25) is 0 Å². The summed E-state index contributed by atoms with van der Waals surface area (Å²) in [4.78, 5) is 0. The molecule has 0 aliphatic carbocycles. The van der Waals surface area contributed by atoms with Gasteiger partial charge in [0, 0.05) is 0 Å². The first-order chi connectivity index (χ1) is 6.94. The van der Waals surface area contributed by atoms with E-state index in [9.17, 15) is 0 Å². The molecule has 2 nitrogen and oxygen atoms in total. The van der Waals surface area contributed by atoms with E-state index >= 15 is 0 Å². The van der Waals surface area contributed by atoms with Gasteiger partial charge in [-0.3, -0.25) is 0 Å². The zero-order valence-corrected chi connectivity index (χ0v) is 11.0. The van der Waals surface area contributed by atoms with Crippen molar-refractivity contribution in [2.75, 3.05) is 13.6 Å². The minimum Gasteiger partial charge on any atom is -0.372 e. The van der Waals surface area contributed by atoms with Crippen molar-refractivity contribution >= 4 is 0 Å². The number of rotatable bonds is 5. The summed E-state index contributed by atoms with van der Waals surface area (Å²) >= 11 is 0. The predicted octanol–water partition coefficient (Wildman–Crippen LogP) is 2.83. The van der Waals surface area contributed by atoms with Crippen molar-refractivity contribution in [3.05, 3.63) is 0 Å². The Kier molecular flexibility index (Phi) is 4.60. The minimum atomic E-state index is 0.117. The molecule has 0 radical (unpaired) electrons. The van der Waals surface area contributed by atoms with Gasteiger partial charge in [-0.25, -0.2) is 0 Å². The van der Waals surface area contributed by atoms with Crippen LogP contribution in [-0.2, 0) is 4.74 Å². The number of hydrogen-bond acceptors (Lipinski definition) is 2. The summed E-state index contributed by atoms with van der Waals surface area (Å²) in [5.41, 5.74) is 0.117. The lowest BCUT2D eigenvalue weighted by Crippen LogP contribution is -2.28. The first-order valence-corrected chi connectivity index (χ1v) is 6.27. The molecule has 0 amide bonds. The molecule has 1 rings (SSSR count). The molecule has 2 unspecified atom stereocenters. The summed E-state index contributed by atoms with van der Waals surface area (Å²) in [7, 11) is 2.04. The van der Waals surface area contributed by atoms with E-state index in [2.05, 4.69) is 33.0 Å². The molecule has 0 saturated carbocycles. The van der Waals surface area contributed by atoms with Crippen molar-refractivity contribution in [3.8, 4) is 0 Å². The van der Waals surface area contributed by atoms with Gasteiger partial charge in [0.05, 0.1) is 11.7 Å². The SMILES string of the molecule is CNCC(CC1CCC(C)(C)O1)C(C)C. The first-order valence-electron chi connectivity index (χ1n) is 6.27. The van der Waals surface area contributed by atoms with Gasteiger partial charge in [-0.2, -0.15) is 0 Å². The third-order valence-corrected chi connectivity index (χ3v) is 3.53. The Balaban J connectivity index is 2.39. The van der Waals surface area contributed by atoms with Crippen molar-refractivity contribution in [1.82, 2.24) is 5.32 Å². The summed E-state index contributed by atoms with van der Waals surface area (Å²) < 4.78 is 6.05. The Bertz CT molecular complexity index is 189. The minimum absolute atomic E-state index is 0.117. The van der Waals surface area contributed by atoms with Crippen LogP contribution >= 0.6 is 0 Å². The molecule has 0 bridgehead atoms. The van der Waals surface area contributed by atoms with Crippen LogP contribution in [0.25, 0.3) is 0 Å². The highest BCUT2D eigenvalue weighted by Crippen LogP contribution is 2.33. The molecule has 1 aliphatic rings. The average Bonchev–Trinajstić information content (AvgIpc) is 2.44. The second-order valence-electron chi connectivity index (χ2n) is 5.84. The molecule has 2 atom stereocenters. The molecule has 0 spiro atoms. The fourth-order valence-electron chi connectivity index (χ4n) is 2.43. The molecule has 15 heavy (non-hydrogen) atoms. The smallest absolute Gasteiger partial charge is 0.0631 e. The van der Waals surface area contributed by atoms with Crippen LogP contribution in [0.5, 0.6) is 0 Å². The third-order valence-electron chi connectivity index (χ3n) is 3.53. The normalized spacial score (nSPS) is 27.2. The van der Waals surface area contributed by atoms with Crippen LogP contribution in [0, 0.1) is 11.8 Å². The number of nitrogens with one attached hydrogen (secondary N) is 1. The fraction of sp³-hybridized carbons (Fsp3) is 1.00. The third kappa shape index (κ3) is 4.12. The second kappa shape index (κ2) is 5.31. The van der Waals surface area contributed by atoms with Gasteiger partial charge in [0.15, 0.2) is 0 Å². The summed E-state index contributed by atoms with van der Waals surface area (Å²) in [6, 6.07) is 0. The van der Waals surface area contributed by atoms with Gasteiger partial charge >= 0.3 is 0 Å². The fourth-order valence-corrected chi connectivity index (χ4v) is 2.43. The monoisotopic (exact) mass is 213 g/mol. The lowest BCUT2D eigenvalue weighted by atomic mass is 9.89. The first kappa shape index (κ1) is 13.0. The van der Waals surface area contributed by atoms with E-state index in [4.69, 9.17) is 4.74 Å². The Morgan fingerprint density at radius 2 is 2.07 bits per heavy atom. The molecule has 0 aromatic heterocycles.